The molecule has 0 spiro atoms. The van der Waals surface area contributed by atoms with Crippen molar-refractivity contribution in [3.8, 4) is 0 Å². The van der Waals surface area contributed by atoms with Crippen LogP contribution in [0.3, 0.4) is 0 Å². The molecule has 0 aliphatic heterocycles. The maximum atomic E-state index is 13.9. The van der Waals surface area contributed by atoms with E-state index in [1.54, 1.807) is 49.4 Å². The predicted molar refractivity (Wildman–Crippen MR) is 82.6 cm³/mol. The van der Waals surface area contributed by atoms with Crippen LogP contribution >= 0.6 is 11.6 Å². The Kier molecular flexibility index (Phi) is 4.48. The molecule has 2 aromatic carbocycles. The Morgan fingerprint density at radius 3 is 2.57 bits per heavy atom. The number of anilines is 1. The fourth-order valence-corrected chi connectivity index (χ4v) is 2.48. The number of nitrogens with one attached hydrogen (secondary N) is 1. The molecule has 0 saturated carbocycles. The first-order valence-corrected chi connectivity index (χ1v) is 6.96. The van der Waals surface area contributed by atoms with Crippen LogP contribution in [0, 0.1) is 5.82 Å². The molecule has 0 saturated heterocycles. The van der Waals surface area contributed by atoms with Crippen LogP contribution in [0.2, 0.25) is 5.02 Å². The summed E-state index contributed by atoms with van der Waals surface area (Å²) in [6.45, 7) is 1.81. The fourth-order valence-electron chi connectivity index (χ4n) is 2.29. The van der Waals surface area contributed by atoms with Gasteiger partial charge in [-0.25, -0.2) is 4.39 Å². The van der Waals surface area contributed by atoms with Gasteiger partial charge in [-0.05, 0) is 36.2 Å². The quantitative estimate of drug-likeness (QED) is 0.885. The third-order valence-electron chi connectivity index (χ3n) is 3.49. The number of carbonyl (C=O) groups excluding carboxylic acids is 1. The highest BCUT2D eigenvalue weighted by molar-refractivity contribution is 6.30. The number of benzene rings is 2. The second kappa shape index (κ2) is 6.14. The highest BCUT2D eigenvalue weighted by atomic mass is 35.5. The maximum Gasteiger partial charge on any atom is 0.247 e. The minimum absolute atomic E-state index is 0.220. The topological polar surface area (TPSA) is 55.1 Å². The third-order valence-corrected chi connectivity index (χ3v) is 3.73. The normalized spacial score (nSPS) is 13.5. The molecule has 0 aliphatic carbocycles. The number of hydrogen-bond donors (Lipinski definition) is 2. The van der Waals surface area contributed by atoms with Crippen LogP contribution in [0.25, 0.3) is 0 Å². The molecule has 0 heterocycles. The van der Waals surface area contributed by atoms with Gasteiger partial charge < -0.3 is 11.1 Å². The number of carbonyl (C=O) groups is 1. The minimum atomic E-state index is -1.22. The van der Waals surface area contributed by atoms with Gasteiger partial charge in [0.25, 0.3) is 0 Å². The molecule has 3 nitrogen and oxygen atoms in total. The van der Waals surface area contributed by atoms with Crippen LogP contribution < -0.4 is 11.1 Å². The van der Waals surface area contributed by atoms with E-state index in [1.165, 1.54) is 6.07 Å². The summed E-state index contributed by atoms with van der Waals surface area (Å²) in [4.78, 5) is 12.1. The van der Waals surface area contributed by atoms with E-state index >= 15 is 0 Å². The fraction of sp³-hybridized carbons (Fsp3) is 0.188. The lowest BCUT2D eigenvalue weighted by Gasteiger charge is -2.32. The summed E-state index contributed by atoms with van der Waals surface area (Å²) in [5, 5.41) is 3.43. The summed E-state index contributed by atoms with van der Waals surface area (Å²) < 4.78 is 13.9. The number of halogens is 2. The van der Waals surface area contributed by atoms with E-state index in [4.69, 9.17) is 17.3 Å². The second-order valence-electron chi connectivity index (χ2n) is 4.74. The number of hydrogen-bond acceptors (Lipinski definition) is 2. The van der Waals surface area contributed by atoms with Crippen molar-refractivity contribution < 1.29 is 9.18 Å². The van der Waals surface area contributed by atoms with Gasteiger partial charge in [0, 0.05) is 5.02 Å². The van der Waals surface area contributed by atoms with E-state index in [0.29, 0.717) is 17.0 Å². The Labute approximate surface area is 127 Å². The highest BCUT2D eigenvalue weighted by Gasteiger charge is 2.37. The maximum absolute atomic E-state index is 13.9. The summed E-state index contributed by atoms with van der Waals surface area (Å²) >= 11 is 5.99. The van der Waals surface area contributed by atoms with Gasteiger partial charge in [-0.2, -0.15) is 0 Å². The Hall–Kier alpha value is -2.07. The smallest absolute Gasteiger partial charge is 0.247 e. The number of primary amides is 1. The highest BCUT2D eigenvalue weighted by Crippen LogP contribution is 2.32. The van der Waals surface area contributed by atoms with Gasteiger partial charge in [0.2, 0.25) is 5.91 Å². The molecule has 110 valence electrons. The zero-order valence-corrected chi connectivity index (χ0v) is 12.3. The van der Waals surface area contributed by atoms with Crippen LogP contribution in [-0.4, -0.2) is 5.91 Å². The summed E-state index contributed by atoms with van der Waals surface area (Å²) in [6.07, 6.45) is 0.358. The van der Waals surface area contributed by atoms with Crippen molar-refractivity contribution in [2.75, 3.05) is 5.32 Å². The number of rotatable bonds is 5. The Balaban J connectivity index is 2.53. The average molecular weight is 307 g/mol. The summed E-state index contributed by atoms with van der Waals surface area (Å²) in [5.74, 6) is -1.03. The van der Waals surface area contributed by atoms with Gasteiger partial charge in [-0.3, -0.25) is 4.79 Å². The van der Waals surface area contributed by atoms with E-state index in [1.807, 2.05) is 0 Å². The monoisotopic (exact) mass is 306 g/mol. The van der Waals surface area contributed by atoms with Gasteiger partial charge in [-0.1, -0.05) is 42.8 Å². The Bertz CT molecular complexity index is 662. The molecule has 3 N–H and O–H groups in total. The lowest BCUT2D eigenvalue weighted by Crippen LogP contribution is -2.47. The van der Waals surface area contributed by atoms with Crippen molar-refractivity contribution >= 4 is 23.2 Å². The summed E-state index contributed by atoms with van der Waals surface area (Å²) in [5.41, 5.74) is 5.21. The molecular formula is C16H16ClFN2O. The van der Waals surface area contributed by atoms with Crippen molar-refractivity contribution in [3.05, 3.63) is 64.9 Å². The number of para-hydroxylation sites is 1. The molecule has 2 rings (SSSR count). The van der Waals surface area contributed by atoms with Crippen LogP contribution in [0.5, 0.6) is 0 Å². The van der Waals surface area contributed by atoms with Crippen molar-refractivity contribution in [1.29, 1.82) is 0 Å². The Morgan fingerprint density at radius 1 is 1.29 bits per heavy atom. The van der Waals surface area contributed by atoms with E-state index in [2.05, 4.69) is 5.32 Å². The van der Waals surface area contributed by atoms with Crippen LogP contribution in [0.15, 0.2) is 48.5 Å². The Morgan fingerprint density at radius 2 is 2.00 bits per heavy atom. The summed E-state index contributed by atoms with van der Waals surface area (Å²) in [6, 6.07) is 13.0. The third kappa shape index (κ3) is 3.00. The molecule has 0 aliphatic rings. The van der Waals surface area contributed by atoms with Crippen molar-refractivity contribution in [3.63, 3.8) is 0 Å². The van der Waals surface area contributed by atoms with E-state index < -0.39 is 17.3 Å². The van der Waals surface area contributed by atoms with Gasteiger partial charge in [0.05, 0.1) is 5.69 Å². The molecule has 2 aromatic rings. The van der Waals surface area contributed by atoms with Gasteiger partial charge in [0.1, 0.15) is 11.4 Å². The largest absolute Gasteiger partial charge is 0.367 e. The number of nitrogens with two attached hydrogens (primary N) is 1. The molecule has 5 heteroatoms. The molecular weight excluding hydrogens is 291 g/mol. The molecule has 21 heavy (non-hydrogen) atoms. The van der Waals surface area contributed by atoms with Gasteiger partial charge >= 0.3 is 0 Å². The van der Waals surface area contributed by atoms with Crippen LogP contribution in [0.4, 0.5) is 10.1 Å². The lowest BCUT2D eigenvalue weighted by molar-refractivity contribution is -0.122. The molecule has 1 amide bonds. The van der Waals surface area contributed by atoms with E-state index in [9.17, 15) is 9.18 Å². The standard InChI is InChI=1S/C16H16ClFN2O/c1-2-16(15(19)21,11-6-5-7-12(17)10-11)20-14-9-4-3-8-13(14)18/h3-10,20H,2H2,1H3,(H2,19,21). The van der Waals surface area contributed by atoms with E-state index in [0.717, 1.165) is 0 Å². The van der Waals surface area contributed by atoms with Crippen LogP contribution in [0.1, 0.15) is 18.9 Å². The molecule has 0 radical (unpaired) electrons. The van der Waals surface area contributed by atoms with Gasteiger partial charge in [-0.15, -0.1) is 0 Å². The van der Waals surface area contributed by atoms with E-state index in [-0.39, 0.29) is 5.69 Å². The first-order valence-electron chi connectivity index (χ1n) is 6.58. The lowest BCUT2D eigenvalue weighted by atomic mass is 9.86. The second-order valence-corrected chi connectivity index (χ2v) is 5.17. The zero-order chi connectivity index (χ0) is 15.5. The zero-order valence-electron chi connectivity index (χ0n) is 11.6. The molecule has 0 aromatic heterocycles. The molecule has 0 bridgehead atoms. The molecule has 0 fully saturated rings. The van der Waals surface area contributed by atoms with Gasteiger partial charge in [0.15, 0.2) is 0 Å². The van der Waals surface area contributed by atoms with Crippen molar-refractivity contribution in [2.24, 2.45) is 5.73 Å². The minimum Gasteiger partial charge on any atom is -0.367 e. The predicted octanol–water partition coefficient (Wildman–Crippen LogP) is 3.68. The summed E-state index contributed by atoms with van der Waals surface area (Å²) in [7, 11) is 0. The molecule has 1 unspecified atom stereocenters. The van der Waals surface area contributed by atoms with Crippen molar-refractivity contribution in [2.45, 2.75) is 18.9 Å². The number of amides is 1. The average Bonchev–Trinajstić information content (AvgIpc) is 2.46. The van der Waals surface area contributed by atoms with Crippen LogP contribution in [-0.2, 0) is 10.3 Å². The first kappa shape index (κ1) is 15.3. The van der Waals surface area contributed by atoms with Crippen molar-refractivity contribution in [1.82, 2.24) is 0 Å². The molecule has 1 atom stereocenters. The SMILES string of the molecule is CCC(Nc1ccccc1F)(C(N)=O)c1cccc(Cl)c1. The first-order chi connectivity index (χ1) is 9.99.